The van der Waals surface area contributed by atoms with Crippen molar-refractivity contribution in [3.8, 4) is 0 Å². The lowest BCUT2D eigenvalue weighted by atomic mass is 9.96. The van der Waals surface area contributed by atoms with Crippen molar-refractivity contribution in [2.45, 2.75) is 58.7 Å². The van der Waals surface area contributed by atoms with E-state index in [1.807, 2.05) is 26.8 Å². The van der Waals surface area contributed by atoms with Gasteiger partial charge in [-0.2, -0.15) is 0 Å². The van der Waals surface area contributed by atoms with Crippen LogP contribution in [0, 0.1) is 5.92 Å². The summed E-state index contributed by atoms with van der Waals surface area (Å²) in [7, 11) is 1.65. The van der Waals surface area contributed by atoms with Gasteiger partial charge in [-0.1, -0.05) is 37.1 Å². The number of rotatable bonds is 3. The normalized spacial score (nSPS) is 30.5. The molecule has 0 unspecified atom stereocenters. The van der Waals surface area contributed by atoms with Gasteiger partial charge in [0.1, 0.15) is 12.2 Å². The maximum Gasteiger partial charge on any atom is 0.407 e. The standard InChI is InChI=1S/C19H33NO4/c1-5-20-19(21)24-18-16(3)13-15(2)14-23-12-10-8-6-7-9-11-17(18)22-4/h9,11,13,16-18H,5-8,10,12,14H2,1-4H3,(H,20,21)/b11-9+,15-13-/t16-,17+,18+/m1/s1. The Balaban J connectivity index is 2.93. The van der Waals surface area contributed by atoms with Crippen molar-refractivity contribution in [3.05, 3.63) is 23.8 Å². The molecule has 0 fully saturated rings. The molecule has 0 saturated carbocycles. The van der Waals surface area contributed by atoms with Gasteiger partial charge in [0.2, 0.25) is 0 Å². The van der Waals surface area contributed by atoms with Crippen molar-refractivity contribution in [3.63, 3.8) is 0 Å². The summed E-state index contributed by atoms with van der Waals surface area (Å²) in [4.78, 5) is 11.9. The number of amides is 1. The topological polar surface area (TPSA) is 56.8 Å². The lowest BCUT2D eigenvalue weighted by Crippen LogP contribution is -2.39. The van der Waals surface area contributed by atoms with Crippen molar-refractivity contribution in [1.29, 1.82) is 0 Å². The number of carbonyl (C=O) groups is 1. The first-order valence-corrected chi connectivity index (χ1v) is 8.97. The minimum atomic E-state index is -0.409. The van der Waals surface area contributed by atoms with Gasteiger partial charge < -0.3 is 19.5 Å². The minimum absolute atomic E-state index is 0.0220. The van der Waals surface area contributed by atoms with Crippen molar-refractivity contribution < 1.29 is 19.0 Å². The predicted molar refractivity (Wildman–Crippen MR) is 96.1 cm³/mol. The van der Waals surface area contributed by atoms with Gasteiger partial charge in [0.05, 0.1) is 6.61 Å². The summed E-state index contributed by atoms with van der Waals surface area (Å²) in [6.45, 7) is 7.90. The van der Waals surface area contributed by atoms with Crippen molar-refractivity contribution in [1.82, 2.24) is 5.32 Å². The second kappa shape index (κ2) is 12.1. The molecule has 1 heterocycles. The van der Waals surface area contributed by atoms with E-state index < -0.39 is 6.09 Å². The molecule has 0 bridgehead atoms. The first-order valence-electron chi connectivity index (χ1n) is 8.97. The molecule has 1 rings (SSSR count). The Morgan fingerprint density at radius 3 is 2.88 bits per heavy atom. The third-order valence-corrected chi connectivity index (χ3v) is 4.04. The number of allylic oxidation sites excluding steroid dienone is 1. The highest BCUT2D eigenvalue weighted by Crippen LogP contribution is 2.20. The van der Waals surface area contributed by atoms with Gasteiger partial charge in [-0.3, -0.25) is 0 Å². The van der Waals surface area contributed by atoms with Crippen LogP contribution >= 0.6 is 0 Å². The fourth-order valence-electron chi connectivity index (χ4n) is 2.80. The van der Waals surface area contributed by atoms with Crippen LogP contribution in [0.25, 0.3) is 0 Å². The van der Waals surface area contributed by atoms with Crippen LogP contribution in [0.1, 0.15) is 46.5 Å². The van der Waals surface area contributed by atoms with E-state index in [-0.39, 0.29) is 18.1 Å². The maximum absolute atomic E-state index is 11.9. The van der Waals surface area contributed by atoms with E-state index in [4.69, 9.17) is 14.2 Å². The molecule has 1 aliphatic heterocycles. The summed E-state index contributed by atoms with van der Waals surface area (Å²) in [5.41, 5.74) is 1.14. The van der Waals surface area contributed by atoms with E-state index in [1.165, 1.54) is 0 Å². The molecule has 5 nitrogen and oxygen atoms in total. The molecule has 3 atom stereocenters. The SMILES string of the molecule is CCNC(=O)O[C@H]1[C@H](C)/C=C(/C)COCCCCC/C=C/[C@@H]1OC. The van der Waals surface area contributed by atoms with Gasteiger partial charge in [-0.05, 0) is 33.1 Å². The van der Waals surface area contributed by atoms with Crippen LogP contribution in [0.2, 0.25) is 0 Å². The second-order valence-electron chi connectivity index (χ2n) is 6.30. The zero-order chi connectivity index (χ0) is 17.8. The monoisotopic (exact) mass is 339 g/mol. The molecule has 0 saturated heterocycles. The highest BCUT2D eigenvalue weighted by Gasteiger charge is 2.28. The van der Waals surface area contributed by atoms with Crippen molar-refractivity contribution >= 4 is 6.09 Å². The predicted octanol–water partition coefficient (Wildman–Crippen LogP) is 3.85. The molecule has 0 spiro atoms. The van der Waals surface area contributed by atoms with E-state index >= 15 is 0 Å². The third-order valence-electron chi connectivity index (χ3n) is 4.04. The van der Waals surface area contributed by atoms with E-state index in [0.29, 0.717) is 13.2 Å². The Labute approximate surface area is 146 Å². The molecule has 5 heteroatoms. The number of ether oxygens (including phenoxy) is 3. The van der Waals surface area contributed by atoms with E-state index in [9.17, 15) is 4.79 Å². The van der Waals surface area contributed by atoms with Crippen molar-refractivity contribution in [2.24, 2.45) is 5.92 Å². The quantitative estimate of drug-likeness (QED) is 0.794. The number of hydrogen-bond acceptors (Lipinski definition) is 4. The Bertz CT molecular complexity index is 420. The van der Waals surface area contributed by atoms with Crippen LogP contribution in [-0.2, 0) is 14.2 Å². The van der Waals surface area contributed by atoms with Gasteiger partial charge in [-0.15, -0.1) is 0 Å². The zero-order valence-corrected chi connectivity index (χ0v) is 15.5. The molecule has 138 valence electrons. The Morgan fingerprint density at radius 1 is 1.38 bits per heavy atom. The van der Waals surface area contributed by atoms with E-state index in [2.05, 4.69) is 17.5 Å². The number of alkyl carbamates (subject to hydrolysis) is 1. The van der Waals surface area contributed by atoms with Crippen molar-refractivity contribution in [2.75, 3.05) is 26.9 Å². The van der Waals surface area contributed by atoms with Gasteiger partial charge in [0, 0.05) is 26.2 Å². The van der Waals surface area contributed by atoms with Crippen LogP contribution in [0.3, 0.4) is 0 Å². The summed E-state index contributed by atoms with van der Waals surface area (Å²) in [5, 5.41) is 2.69. The Morgan fingerprint density at radius 2 is 2.17 bits per heavy atom. The number of nitrogens with one attached hydrogen (secondary N) is 1. The highest BCUT2D eigenvalue weighted by atomic mass is 16.6. The number of methoxy groups -OCH3 is 1. The summed E-state index contributed by atoms with van der Waals surface area (Å²) in [6, 6.07) is 0. The Hall–Kier alpha value is -1.33. The summed E-state index contributed by atoms with van der Waals surface area (Å²) in [5.74, 6) is 0.0220. The van der Waals surface area contributed by atoms with Crippen LogP contribution < -0.4 is 5.32 Å². The zero-order valence-electron chi connectivity index (χ0n) is 15.5. The van der Waals surface area contributed by atoms with Crippen LogP contribution in [0.15, 0.2) is 23.8 Å². The molecule has 0 aliphatic carbocycles. The summed E-state index contributed by atoms with van der Waals surface area (Å²) < 4.78 is 16.9. The number of hydrogen-bond donors (Lipinski definition) is 1. The van der Waals surface area contributed by atoms with Crippen LogP contribution in [0.4, 0.5) is 4.79 Å². The van der Waals surface area contributed by atoms with Crippen LogP contribution in [0.5, 0.6) is 0 Å². The molecule has 0 aromatic carbocycles. The van der Waals surface area contributed by atoms with Gasteiger partial charge in [-0.25, -0.2) is 4.79 Å². The fraction of sp³-hybridized carbons (Fsp3) is 0.737. The lowest BCUT2D eigenvalue weighted by molar-refractivity contribution is -0.0150. The van der Waals surface area contributed by atoms with Gasteiger partial charge in [0.25, 0.3) is 0 Å². The van der Waals surface area contributed by atoms with Gasteiger partial charge in [0.15, 0.2) is 0 Å². The molecule has 1 aliphatic rings. The molecular formula is C19H33NO4. The largest absolute Gasteiger partial charge is 0.443 e. The average Bonchev–Trinajstić information content (AvgIpc) is 2.54. The summed E-state index contributed by atoms with van der Waals surface area (Å²) in [6.07, 6.45) is 9.56. The Kier molecular flexibility index (Phi) is 10.4. The smallest absolute Gasteiger partial charge is 0.407 e. The molecule has 1 amide bonds. The van der Waals surface area contributed by atoms with Crippen LogP contribution in [-0.4, -0.2) is 45.2 Å². The first-order chi connectivity index (χ1) is 11.6. The van der Waals surface area contributed by atoms with Gasteiger partial charge >= 0.3 is 6.09 Å². The highest BCUT2D eigenvalue weighted by molar-refractivity contribution is 5.67. The minimum Gasteiger partial charge on any atom is -0.443 e. The van der Waals surface area contributed by atoms with E-state index in [1.54, 1.807) is 7.11 Å². The third kappa shape index (κ3) is 7.97. The molecule has 24 heavy (non-hydrogen) atoms. The molecule has 0 radical (unpaired) electrons. The average molecular weight is 339 g/mol. The van der Waals surface area contributed by atoms with E-state index in [0.717, 1.165) is 37.9 Å². The lowest BCUT2D eigenvalue weighted by Gasteiger charge is -2.28. The fourth-order valence-corrected chi connectivity index (χ4v) is 2.80. The first kappa shape index (κ1) is 20.7. The second-order valence-corrected chi connectivity index (χ2v) is 6.30. The summed E-state index contributed by atoms with van der Waals surface area (Å²) >= 11 is 0. The molecule has 0 aromatic heterocycles. The maximum atomic E-state index is 11.9. The molecule has 1 N–H and O–H groups in total. The number of carbonyl (C=O) groups excluding carboxylic acids is 1. The molecule has 0 aromatic rings. The molecular weight excluding hydrogens is 306 g/mol.